The number of rotatable bonds is 5. The van der Waals surface area contributed by atoms with E-state index in [1.54, 1.807) is 12.4 Å². The van der Waals surface area contributed by atoms with E-state index in [0.717, 1.165) is 50.5 Å². The number of aryl methyl sites for hydroxylation is 1. The summed E-state index contributed by atoms with van der Waals surface area (Å²) < 4.78 is 6.14. The summed E-state index contributed by atoms with van der Waals surface area (Å²) in [5.41, 5.74) is 2.46. The number of hydrogen-bond donors (Lipinski definition) is 0. The fraction of sp³-hybridized carbons (Fsp3) is 0.522. The molecule has 0 radical (unpaired) electrons. The van der Waals surface area contributed by atoms with Gasteiger partial charge in [-0.1, -0.05) is 18.2 Å². The zero-order chi connectivity index (χ0) is 21.1. The molecule has 0 saturated carbocycles. The minimum Gasteiger partial charge on any atom is -0.492 e. The number of para-hydroxylation sites is 1. The molecule has 2 aromatic rings. The van der Waals surface area contributed by atoms with E-state index >= 15 is 0 Å². The monoisotopic (exact) mass is 409 g/mol. The molecule has 0 spiro atoms. The van der Waals surface area contributed by atoms with Crippen molar-refractivity contribution in [1.29, 1.82) is 0 Å². The Labute approximate surface area is 178 Å². The molecule has 2 aliphatic heterocycles. The quantitative estimate of drug-likeness (QED) is 0.755. The summed E-state index contributed by atoms with van der Waals surface area (Å²) in [6, 6.07) is 8.72. The van der Waals surface area contributed by atoms with Gasteiger partial charge in [-0.2, -0.15) is 0 Å². The SMILES string of the molecule is Cc1cnc(C(=O)N2CCCC2CN2Cc3ccccc3OCC2CN(C)C)cn1. The average molecular weight is 410 g/mol. The highest BCUT2D eigenvalue weighted by Gasteiger charge is 2.34. The number of hydrogen-bond acceptors (Lipinski definition) is 6. The van der Waals surface area contributed by atoms with E-state index in [2.05, 4.69) is 46.0 Å². The van der Waals surface area contributed by atoms with Crippen LogP contribution in [0.25, 0.3) is 0 Å². The van der Waals surface area contributed by atoms with Crippen LogP contribution in [0.5, 0.6) is 5.75 Å². The molecular weight excluding hydrogens is 378 g/mol. The lowest BCUT2D eigenvalue weighted by atomic mass is 10.1. The Balaban J connectivity index is 1.53. The van der Waals surface area contributed by atoms with Gasteiger partial charge in [-0.3, -0.25) is 14.7 Å². The second-order valence-electron chi connectivity index (χ2n) is 8.60. The Kier molecular flexibility index (Phi) is 6.29. The molecule has 1 fully saturated rings. The lowest BCUT2D eigenvalue weighted by molar-refractivity contribution is 0.0612. The van der Waals surface area contributed by atoms with Crippen molar-refractivity contribution in [3.8, 4) is 5.75 Å². The van der Waals surface area contributed by atoms with Gasteiger partial charge in [0.15, 0.2) is 0 Å². The van der Waals surface area contributed by atoms with Crippen molar-refractivity contribution in [2.45, 2.75) is 38.4 Å². The van der Waals surface area contributed by atoms with Crippen LogP contribution in [-0.2, 0) is 6.54 Å². The highest BCUT2D eigenvalue weighted by Crippen LogP contribution is 2.27. The van der Waals surface area contributed by atoms with E-state index < -0.39 is 0 Å². The minimum atomic E-state index is -0.0133. The predicted molar refractivity (Wildman–Crippen MR) is 116 cm³/mol. The van der Waals surface area contributed by atoms with Crippen molar-refractivity contribution in [2.24, 2.45) is 0 Å². The van der Waals surface area contributed by atoms with Crippen LogP contribution in [0.4, 0.5) is 0 Å². The summed E-state index contributed by atoms with van der Waals surface area (Å²) in [4.78, 5) is 28.4. The van der Waals surface area contributed by atoms with Gasteiger partial charge in [0.05, 0.1) is 17.9 Å². The van der Waals surface area contributed by atoms with Crippen molar-refractivity contribution in [2.75, 3.05) is 40.3 Å². The smallest absolute Gasteiger partial charge is 0.274 e. The second kappa shape index (κ2) is 9.10. The van der Waals surface area contributed by atoms with Gasteiger partial charge in [-0.25, -0.2) is 4.98 Å². The molecule has 1 saturated heterocycles. The van der Waals surface area contributed by atoms with Gasteiger partial charge >= 0.3 is 0 Å². The number of nitrogens with zero attached hydrogens (tertiary/aromatic N) is 5. The molecule has 2 aliphatic rings. The van der Waals surface area contributed by atoms with Crippen LogP contribution in [0.2, 0.25) is 0 Å². The minimum absolute atomic E-state index is 0.0133. The maximum absolute atomic E-state index is 13.1. The number of carbonyl (C=O) groups is 1. The van der Waals surface area contributed by atoms with E-state index in [4.69, 9.17) is 4.74 Å². The number of amides is 1. The van der Waals surface area contributed by atoms with Crippen LogP contribution >= 0.6 is 0 Å². The summed E-state index contributed by atoms with van der Waals surface area (Å²) in [6.07, 6.45) is 5.29. The standard InChI is InChI=1S/C23H31N5O2/c1-17-11-25-21(12-24-17)23(29)28-10-6-8-19(28)15-27-13-18-7-4-5-9-22(18)30-16-20(27)14-26(2)3/h4-5,7,9,11-12,19-20H,6,8,10,13-16H2,1-3H3. The molecule has 4 rings (SSSR count). The van der Waals surface area contributed by atoms with Gasteiger partial charge in [0.2, 0.25) is 0 Å². The van der Waals surface area contributed by atoms with E-state index in [0.29, 0.717) is 12.3 Å². The molecule has 3 heterocycles. The van der Waals surface area contributed by atoms with Crippen molar-refractivity contribution < 1.29 is 9.53 Å². The van der Waals surface area contributed by atoms with Gasteiger partial charge < -0.3 is 14.5 Å². The van der Waals surface area contributed by atoms with Crippen LogP contribution in [0.3, 0.4) is 0 Å². The topological polar surface area (TPSA) is 61.8 Å². The number of likely N-dealkylation sites (N-methyl/N-ethyl adjacent to an activating group) is 1. The number of fused-ring (bicyclic) bond motifs is 1. The van der Waals surface area contributed by atoms with Gasteiger partial charge in [-0.15, -0.1) is 0 Å². The van der Waals surface area contributed by atoms with E-state index in [-0.39, 0.29) is 18.0 Å². The summed E-state index contributed by atoms with van der Waals surface area (Å²) >= 11 is 0. The molecule has 0 N–H and O–H groups in total. The van der Waals surface area contributed by atoms with Gasteiger partial charge in [-0.05, 0) is 39.9 Å². The molecule has 7 heteroatoms. The number of carbonyl (C=O) groups excluding carboxylic acids is 1. The first-order valence-corrected chi connectivity index (χ1v) is 10.7. The first-order valence-electron chi connectivity index (χ1n) is 10.7. The molecule has 2 atom stereocenters. The Bertz CT molecular complexity index is 870. The predicted octanol–water partition coefficient (Wildman–Crippen LogP) is 2.21. The van der Waals surface area contributed by atoms with E-state index in [9.17, 15) is 4.79 Å². The van der Waals surface area contributed by atoms with Crippen molar-refractivity contribution in [3.05, 3.63) is 53.6 Å². The third-order valence-electron chi connectivity index (χ3n) is 5.95. The molecule has 30 heavy (non-hydrogen) atoms. The van der Waals surface area contributed by atoms with Crippen LogP contribution in [0, 0.1) is 6.92 Å². The zero-order valence-electron chi connectivity index (χ0n) is 18.1. The Morgan fingerprint density at radius 3 is 2.80 bits per heavy atom. The maximum atomic E-state index is 13.1. The highest BCUT2D eigenvalue weighted by molar-refractivity contribution is 5.92. The number of ether oxygens (including phenoxy) is 1. The largest absolute Gasteiger partial charge is 0.492 e. The fourth-order valence-corrected chi connectivity index (χ4v) is 4.43. The molecule has 1 aromatic carbocycles. The number of likely N-dealkylation sites (tertiary alicyclic amines) is 1. The third-order valence-corrected chi connectivity index (χ3v) is 5.95. The molecule has 1 amide bonds. The zero-order valence-corrected chi connectivity index (χ0v) is 18.1. The molecule has 0 aliphatic carbocycles. The lowest BCUT2D eigenvalue weighted by Gasteiger charge is -2.35. The van der Waals surface area contributed by atoms with Crippen molar-refractivity contribution in [1.82, 2.24) is 24.7 Å². The Hall–Kier alpha value is -2.51. The molecule has 2 unspecified atom stereocenters. The first-order chi connectivity index (χ1) is 14.5. The molecule has 160 valence electrons. The Morgan fingerprint density at radius 2 is 2.03 bits per heavy atom. The van der Waals surface area contributed by atoms with Gasteiger partial charge in [0.25, 0.3) is 5.91 Å². The van der Waals surface area contributed by atoms with Gasteiger partial charge in [0, 0.05) is 44.0 Å². The van der Waals surface area contributed by atoms with E-state index in [1.165, 1.54) is 5.56 Å². The average Bonchev–Trinajstić information content (AvgIpc) is 3.12. The molecule has 7 nitrogen and oxygen atoms in total. The molecule has 0 bridgehead atoms. The van der Waals surface area contributed by atoms with Gasteiger partial charge in [0.1, 0.15) is 18.1 Å². The van der Waals surface area contributed by atoms with Crippen LogP contribution < -0.4 is 4.74 Å². The van der Waals surface area contributed by atoms with E-state index in [1.807, 2.05) is 24.0 Å². The highest BCUT2D eigenvalue weighted by atomic mass is 16.5. The van der Waals surface area contributed by atoms with Crippen LogP contribution in [0.15, 0.2) is 36.7 Å². The maximum Gasteiger partial charge on any atom is 0.274 e. The van der Waals surface area contributed by atoms with Crippen molar-refractivity contribution in [3.63, 3.8) is 0 Å². The first kappa shape index (κ1) is 20.8. The van der Waals surface area contributed by atoms with Crippen molar-refractivity contribution >= 4 is 5.91 Å². The summed E-state index contributed by atoms with van der Waals surface area (Å²) in [5, 5.41) is 0. The Morgan fingerprint density at radius 1 is 1.20 bits per heavy atom. The normalized spacial score (nSPS) is 21.9. The molecular formula is C23H31N5O2. The number of benzene rings is 1. The summed E-state index contributed by atoms with van der Waals surface area (Å²) in [5.74, 6) is 0.957. The van der Waals surface area contributed by atoms with Crippen LogP contribution in [0.1, 0.15) is 34.6 Å². The molecule has 1 aromatic heterocycles. The van der Waals surface area contributed by atoms with Crippen LogP contribution in [-0.4, -0.2) is 83.0 Å². The lowest BCUT2D eigenvalue weighted by Crippen LogP contribution is -2.50. The second-order valence-corrected chi connectivity index (χ2v) is 8.60. The summed E-state index contributed by atoms with van der Waals surface area (Å²) in [7, 11) is 4.19. The third kappa shape index (κ3) is 4.63. The summed E-state index contributed by atoms with van der Waals surface area (Å²) in [6.45, 7) is 5.89. The number of aromatic nitrogens is 2. The fourth-order valence-electron chi connectivity index (χ4n) is 4.43.